The van der Waals surface area contributed by atoms with Crippen LogP contribution in [0.25, 0.3) is 0 Å². The summed E-state index contributed by atoms with van der Waals surface area (Å²) < 4.78 is 7.03. The Morgan fingerprint density at radius 2 is 1.67 bits per heavy atom. The van der Waals surface area contributed by atoms with Gasteiger partial charge in [-0.1, -0.05) is 42.6 Å². The second kappa shape index (κ2) is 10.2. The molecule has 1 aromatic rings. The second-order valence-corrected chi connectivity index (χ2v) is 7.02. The first-order valence-electron chi connectivity index (χ1n) is 8.11. The van der Waals surface area contributed by atoms with Crippen molar-refractivity contribution in [2.45, 2.75) is 53.4 Å². The van der Waals surface area contributed by atoms with E-state index in [0.717, 1.165) is 37.8 Å². The molecule has 2 nitrogen and oxygen atoms in total. The highest BCUT2D eigenvalue weighted by Crippen LogP contribution is 2.26. The van der Waals surface area contributed by atoms with Crippen molar-refractivity contribution in [2.75, 3.05) is 19.7 Å². The summed E-state index contributed by atoms with van der Waals surface area (Å²) in [6.45, 7) is 11.8. The maximum absolute atomic E-state index is 5.85. The van der Waals surface area contributed by atoms with Gasteiger partial charge in [-0.2, -0.15) is 0 Å². The van der Waals surface area contributed by atoms with Gasteiger partial charge >= 0.3 is 0 Å². The largest absolute Gasteiger partial charge is 0.494 e. The Morgan fingerprint density at radius 3 is 2.29 bits per heavy atom. The summed E-state index contributed by atoms with van der Waals surface area (Å²) in [6.07, 6.45) is 4.94. The van der Waals surface area contributed by atoms with Gasteiger partial charge in [0.15, 0.2) is 0 Å². The summed E-state index contributed by atoms with van der Waals surface area (Å²) in [6, 6.07) is 4.21. The summed E-state index contributed by atoms with van der Waals surface area (Å²) in [4.78, 5) is 0. The minimum absolute atomic E-state index is 0.747. The van der Waals surface area contributed by atoms with Gasteiger partial charge in [0.1, 0.15) is 5.75 Å². The maximum Gasteiger partial charge on any atom is 0.119 e. The number of rotatable bonds is 10. The van der Waals surface area contributed by atoms with E-state index in [9.17, 15) is 0 Å². The number of halogens is 1. The third-order valence-electron chi connectivity index (χ3n) is 3.48. The van der Waals surface area contributed by atoms with Crippen LogP contribution < -0.4 is 10.1 Å². The van der Waals surface area contributed by atoms with Gasteiger partial charge in [0.25, 0.3) is 0 Å². The van der Waals surface area contributed by atoms with Gasteiger partial charge in [-0.05, 0) is 69.0 Å². The van der Waals surface area contributed by atoms with Crippen LogP contribution in [0.1, 0.15) is 50.7 Å². The molecule has 0 fully saturated rings. The van der Waals surface area contributed by atoms with Crippen molar-refractivity contribution in [3.8, 4) is 5.75 Å². The van der Waals surface area contributed by atoms with Crippen molar-refractivity contribution < 1.29 is 4.74 Å². The van der Waals surface area contributed by atoms with Crippen LogP contribution >= 0.6 is 15.9 Å². The van der Waals surface area contributed by atoms with E-state index in [1.165, 1.54) is 34.9 Å². The highest BCUT2D eigenvalue weighted by atomic mass is 79.9. The molecule has 1 aromatic carbocycles. The van der Waals surface area contributed by atoms with Crippen LogP contribution in [0.3, 0.4) is 0 Å². The van der Waals surface area contributed by atoms with E-state index in [1.807, 2.05) is 0 Å². The first-order chi connectivity index (χ1) is 10.0. The Kier molecular flexibility index (Phi) is 9.02. The highest BCUT2D eigenvalue weighted by molar-refractivity contribution is 9.10. The number of hydrogen-bond donors (Lipinski definition) is 1. The van der Waals surface area contributed by atoms with Crippen LogP contribution in [0, 0.1) is 19.8 Å². The molecule has 0 radical (unpaired) electrons. The summed E-state index contributed by atoms with van der Waals surface area (Å²) in [7, 11) is 0. The molecule has 0 heterocycles. The fourth-order valence-electron chi connectivity index (χ4n) is 2.28. The number of nitrogens with one attached hydrogen (secondary N) is 1. The smallest absolute Gasteiger partial charge is 0.119 e. The third-order valence-corrected chi connectivity index (χ3v) is 4.73. The zero-order valence-corrected chi connectivity index (χ0v) is 15.6. The highest BCUT2D eigenvalue weighted by Gasteiger charge is 2.03. The molecule has 0 amide bonds. The van der Waals surface area contributed by atoms with E-state index in [1.54, 1.807) is 0 Å². The van der Waals surface area contributed by atoms with Gasteiger partial charge in [0.2, 0.25) is 0 Å². The molecular formula is C18H30BrNO. The number of benzene rings is 1. The van der Waals surface area contributed by atoms with Gasteiger partial charge in [-0.3, -0.25) is 0 Å². The quantitative estimate of drug-likeness (QED) is 0.578. The zero-order valence-electron chi connectivity index (χ0n) is 14.0. The van der Waals surface area contributed by atoms with Crippen molar-refractivity contribution in [3.63, 3.8) is 0 Å². The average Bonchev–Trinajstić information content (AvgIpc) is 2.42. The molecule has 0 spiro atoms. The first kappa shape index (κ1) is 18.5. The lowest BCUT2D eigenvalue weighted by Crippen LogP contribution is -2.20. The SMILES string of the molecule is Cc1cc(OCCCCCCNCC(C)C)cc(C)c1Br. The topological polar surface area (TPSA) is 21.3 Å². The molecular weight excluding hydrogens is 326 g/mol. The van der Waals surface area contributed by atoms with Gasteiger partial charge in [0, 0.05) is 4.47 Å². The van der Waals surface area contributed by atoms with Gasteiger partial charge in [0.05, 0.1) is 6.61 Å². The second-order valence-electron chi connectivity index (χ2n) is 6.23. The molecule has 3 heteroatoms. The van der Waals surface area contributed by atoms with Crippen LogP contribution in [0.15, 0.2) is 16.6 Å². The molecule has 1 N–H and O–H groups in total. The lowest BCUT2D eigenvalue weighted by atomic mass is 10.1. The molecule has 1 rings (SSSR count). The molecule has 0 unspecified atom stereocenters. The van der Waals surface area contributed by atoms with E-state index in [2.05, 4.69) is 61.1 Å². The van der Waals surface area contributed by atoms with E-state index >= 15 is 0 Å². The molecule has 0 bridgehead atoms. The van der Waals surface area contributed by atoms with E-state index < -0.39 is 0 Å². The number of aryl methyl sites for hydroxylation is 2. The third kappa shape index (κ3) is 7.87. The van der Waals surface area contributed by atoms with Crippen molar-refractivity contribution in [3.05, 3.63) is 27.7 Å². The predicted octanol–water partition coefficient (Wildman–Crippen LogP) is 5.25. The Hall–Kier alpha value is -0.540. The number of hydrogen-bond acceptors (Lipinski definition) is 2. The molecule has 0 aliphatic carbocycles. The lowest BCUT2D eigenvalue weighted by Gasteiger charge is -2.10. The number of ether oxygens (including phenoxy) is 1. The van der Waals surface area contributed by atoms with Gasteiger partial charge in [-0.25, -0.2) is 0 Å². The standard InChI is InChI=1S/C18H30BrNO/c1-14(2)13-20-9-7-5-6-8-10-21-17-11-15(3)18(19)16(4)12-17/h11-12,14,20H,5-10,13H2,1-4H3. The fourth-order valence-corrected chi connectivity index (χ4v) is 2.50. The minimum Gasteiger partial charge on any atom is -0.494 e. The molecule has 0 aromatic heterocycles. The van der Waals surface area contributed by atoms with Gasteiger partial charge in [-0.15, -0.1) is 0 Å². The Bertz CT molecular complexity index is 395. The zero-order chi connectivity index (χ0) is 15.7. The predicted molar refractivity (Wildman–Crippen MR) is 95.3 cm³/mol. The Labute approximate surface area is 138 Å². The minimum atomic E-state index is 0.747. The maximum atomic E-state index is 5.85. The van der Waals surface area contributed by atoms with Gasteiger partial charge < -0.3 is 10.1 Å². The molecule has 120 valence electrons. The van der Waals surface area contributed by atoms with Crippen LogP contribution in [0.5, 0.6) is 5.75 Å². The van der Waals surface area contributed by atoms with Crippen LogP contribution in [-0.4, -0.2) is 19.7 Å². The molecule has 0 aliphatic rings. The summed E-state index contributed by atoms with van der Waals surface area (Å²) in [5.41, 5.74) is 2.47. The first-order valence-corrected chi connectivity index (χ1v) is 8.90. The lowest BCUT2D eigenvalue weighted by molar-refractivity contribution is 0.304. The molecule has 21 heavy (non-hydrogen) atoms. The fraction of sp³-hybridized carbons (Fsp3) is 0.667. The summed E-state index contributed by atoms with van der Waals surface area (Å²) >= 11 is 3.58. The Morgan fingerprint density at radius 1 is 1.05 bits per heavy atom. The van der Waals surface area contributed by atoms with Crippen LogP contribution in [0.4, 0.5) is 0 Å². The van der Waals surface area contributed by atoms with Crippen LogP contribution in [0.2, 0.25) is 0 Å². The monoisotopic (exact) mass is 355 g/mol. The van der Waals surface area contributed by atoms with Crippen molar-refractivity contribution in [1.29, 1.82) is 0 Å². The molecule has 0 saturated carbocycles. The summed E-state index contributed by atoms with van der Waals surface area (Å²) in [5, 5.41) is 3.48. The summed E-state index contributed by atoms with van der Waals surface area (Å²) in [5.74, 6) is 1.74. The van der Waals surface area contributed by atoms with E-state index in [0.29, 0.717) is 0 Å². The number of unbranched alkanes of at least 4 members (excludes halogenated alkanes) is 3. The van der Waals surface area contributed by atoms with Crippen LogP contribution in [-0.2, 0) is 0 Å². The average molecular weight is 356 g/mol. The molecule has 0 aliphatic heterocycles. The van der Waals surface area contributed by atoms with E-state index in [-0.39, 0.29) is 0 Å². The van der Waals surface area contributed by atoms with Crippen molar-refractivity contribution in [1.82, 2.24) is 5.32 Å². The van der Waals surface area contributed by atoms with Crippen molar-refractivity contribution >= 4 is 15.9 Å². The molecule has 0 saturated heterocycles. The van der Waals surface area contributed by atoms with Crippen molar-refractivity contribution in [2.24, 2.45) is 5.92 Å². The Balaban J connectivity index is 2.07. The molecule has 0 atom stereocenters. The normalized spacial score (nSPS) is 11.1. The van der Waals surface area contributed by atoms with E-state index in [4.69, 9.17) is 4.74 Å².